The number of amides is 2. The van der Waals surface area contributed by atoms with Crippen LogP contribution in [-0.2, 0) is 15.1 Å². The first-order valence-electron chi connectivity index (χ1n) is 13.0. The number of hydrogen-bond donors (Lipinski definition) is 1. The highest BCUT2D eigenvalue weighted by Gasteiger charge is 2.69. The van der Waals surface area contributed by atoms with E-state index in [1.54, 1.807) is 34.9 Å². The second-order valence-corrected chi connectivity index (χ2v) is 11.8. The number of anilines is 1. The van der Waals surface area contributed by atoms with Gasteiger partial charge in [0.05, 0.1) is 39.1 Å². The fourth-order valence-corrected chi connectivity index (χ4v) is 7.19. The number of carbonyl (C=O) groups is 2. The molecule has 0 bridgehead atoms. The van der Waals surface area contributed by atoms with Gasteiger partial charge in [0.2, 0.25) is 11.8 Å². The van der Waals surface area contributed by atoms with Gasteiger partial charge in [0.25, 0.3) is 5.56 Å². The lowest BCUT2D eigenvalue weighted by molar-refractivity contribution is -0.123. The monoisotopic (exact) mass is 558 g/mol. The largest absolute Gasteiger partial charge is 0.297 e. The van der Waals surface area contributed by atoms with Gasteiger partial charge in [0.15, 0.2) is 0 Å². The number of nitrogens with one attached hydrogen (secondary N) is 1. The van der Waals surface area contributed by atoms with Gasteiger partial charge in [-0.25, -0.2) is 9.88 Å². The number of benzene rings is 3. The predicted molar refractivity (Wildman–Crippen MR) is 150 cm³/mol. The van der Waals surface area contributed by atoms with Crippen LogP contribution in [0.4, 0.5) is 5.69 Å². The van der Waals surface area contributed by atoms with Crippen molar-refractivity contribution >= 4 is 51.6 Å². The lowest BCUT2D eigenvalue weighted by Crippen LogP contribution is -2.50. The molecule has 39 heavy (non-hydrogen) atoms. The van der Waals surface area contributed by atoms with Gasteiger partial charge >= 0.3 is 0 Å². The zero-order valence-electron chi connectivity index (χ0n) is 21.2. The molecule has 4 aromatic rings. The van der Waals surface area contributed by atoms with Gasteiger partial charge in [-0.3, -0.25) is 24.3 Å². The Balaban J connectivity index is 1.53. The van der Waals surface area contributed by atoms with Crippen LogP contribution in [0.25, 0.3) is 16.6 Å². The first-order valence-corrected chi connectivity index (χ1v) is 13.7. The molecule has 0 saturated carbocycles. The van der Waals surface area contributed by atoms with E-state index in [4.69, 9.17) is 28.2 Å². The fourth-order valence-electron chi connectivity index (χ4n) is 6.82. The van der Waals surface area contributed by atoms with Crippen LogP contribution in [0.15, 0.2) is 71.5 Å². The molecule has 196 valence electrons. The molecule has 7 nitrogen and oxygen atoms in total. The number of aromatic nitrogens is 2. The van der Waals surface area contributed by atoms with Crippen molar-refractivity contribution in [1.29, 1.82) is 0 Å². The summed E-state index contributed by atoms with van der Waals surface area (Å²) < 4.78 is 1.60. The van der Waals surface area contributed by atoms with Crippen molar-refractivity contribution in [2.24, 2.45) is 17.8 Å². The van der Waals surface area contributed by atoms with Crippen molar-refractivity contribution in [3.05, 3.63) is 98.5 Å². The van der Waals surface area contributed by atoms with Crippen molar-refractivity contribution < 1.29 is 9.59 Å². The number of hydrogen-bond acceptors (Lipinski definition) is 5. The molecule has 0 aliphatic carbocycles. The summed E-state index contributed by atoms with van der Waals surface area (Å²) >= 11 is 12.8. The van der Waals surface area contributed by atoms with Gasteiger partial charge in [-0.1, -0.05) is 67.4 Å². The smallest absolute Gasteiger partial charge is 0.266 e. The van der Waals surface area contributed by atoms with E-state index in [2.05, 4.69) is 19.2 Å². The number of para-hydroxylation sites is 2. The average molecular weight is 559 g/mol. The highest BCUT2D eigenvalue weighted by Crippen LogP contribution is 2.56. The van der Waals surface area contributed by atoms with Gasteiger partial charge < -0.3 is 0 Å². The maximum absolute atomic E-state index is 14.5. The lowest BCUT2D eigenvalue weighted by atomic mass is 9.75. The molecular formula is C30H24Cl2N4O3. The molecule has 2 fully saturated rings. The molecule has 3 aromatic carbocycles. The first kappa shape index (κ1) is 24.5. The lowest BCUT2D eigenvalue weighted by Gasteiger charge is -2.32. The third-order valence-corrected chi connectivity index (χ3v) is 8.79. The first-order chi connectivity index (χ1) is 18.7. The molecule has 4 unspecified atom stereocenters. The third-order valence-electron chi connectivity index (χ3n) is 8.24. The SMILES string of the molecule is CC(C)CC1NC2(c3ccccc3-n3c2nc2ccccc2c3=O)C2C(=O)N(c3cc(Cl)ccc3Cl)C(=O)C12. The quantitative estimate of drug-likeness (QED) is 0.355. The fraction of sp³-hybridized carbons (Fsp3) is 0.267. The summed E-state index contributed by atoms with van der Waals surface area (Å²) in [7, 11) is 0. The van der Waals surface area contributed by atoms with Gasteiger partial charge in [0, 0.05) is 16.6 Å². The predicted octanol–water partition coefficient (Wildman–Crippen LogP) is 5.07. The number of fused-ring (bicyclic) bond motifs is 8. The molecule has 7 rings (SSSR count). The Morgan fingerprint density at radius 2 is 1.69 bits per heavy atom. The van der Waals surface area contributed by atoms with E-state index < -0.39 is 23.3 Å². The minimum Gasteiger partial charge on any atom is -0.297 e. The van der Waals surface area contributed by atoms with Crippen LogP contribution < -0.4 is 15.8 Å². The molecule has 1 spiro atoms. The van der Waals surface area contributed by atoms with Crippen molar-refractivity contribution in [3.63, 3.8) is 0 Å². The molecule has 3 aliphatic rings. The summed E-state index contributed by atoms with van der Waals surface area (Å²) in [6.07, 6.45) is 0.652. The molecule has 4 heterocycles. The summed E-state index contributed by atoms with van der Waals surface area (Å²) in [5, 5.41) is 4.83. The number of imide groups is 1. The van der Waals surface area contributed by atoms with E-state index in [1.165, 1.54) is 4.90 Å². The zero-order valence-corrected chi connectivity index (χ0v) is 22.7. The van der Waals surface area contributed by atoms with Crippen LogP contribution in [0.1, 0.15) is 31.7 Å². The number of nitrogens with zero attached hydrogens (tertiary/aromatic N) is 3. The van der Waals surface area contributed by atoms with E-state index in [-0.39, 0.29) is 34.1 Å². The second kappa shape index (κ2) is 8.49. The summed E-state index contributed by atoms with van der Waals surface area (Å²) in [5.41, 5.74) is 0.826. The molecule has 1 aromatic heterocycles. The van der Waals surface area contributed by atoms with Gasteiger partial charge in [-0.15, -0.1) is 0 Å². The van der Waals surface area contributed by atoms with Crippen LogP contribution in [0, 0.1) is 17.8 Å². The van der Waals surface area contributed by atoms with Crippen LogP contribution in [-0.4, -0.2) is 27.4 Å². The van der Waals surface area contributed by atoms with E-state index in [0.29, 0.717) is 33.9 Å². The Hall–Kier alpha value is -3.52. The Morgan fingerprint density at radius 3 is 2.49 bits per heavy atom. The molecular weight excluding hydrogens is 535 g/mol. The molecule has 4 atom stereocenters. The molecule has 1 N–H and O–H groups in total. The topological polar surface area (TPSA) is 84.3 Å². The molecule has 2 saturated heterocycles. The highest BCUT2D eigenvalue weighted by atomic mass is 35.5. The van der Waals surface area contributed by atoms with E-state index in [9.17, 15) is 14.4 Å². The summed E-state index contributed by atoms with van der Waals surface area (Å²) in [6.45, 7) is 4.17. The molecule has 0 radical (unpaired) electrons. The van der Waals surface area contributed by atoms with Crippen molar-refractivity contribution in [2.75, 3.05) is 4.90 Å². The second-order valence-electron chi connectivity index (χ2n) is 10.9. The Bertz CT molecular complexity index is 1780. The van der Waals surface area contributed by atoms with Crippen LogP contribution in [0.2, 0.25) is 10.0 Å². The van der Waals surface area contributed by atoms with Gasteiger partial charge in [0.1, 0.15) is 11.4 Å². The van der Waals surface area contributed by atoms with Crippen LogP contribution in [0.3, 0.4) is 0 Å². The zero-order chi connectivity index (χ0) is 27.2. The summed E-state index contributed by atoms with van der Waals surface area (Å²) in [4.78, 5) is 48.7. The highest BCUT2D eigenvalue weighted by molar-refractivity contribution is 6.38. The Morgan fingerprint density at radius 1 is 0.949 bits per heavy atom. The standard InChI is InChI=1S/C30H24Cl2N4O3/c1-15(2)13-21-24-25(28(39)35(27(24)38)23-14-16(31)11-12-19(23)32)30(34-21)18-8-4-6-10-22(18)36-26(37)17-7-3-5-9-20(17)33-29(30)36/h3-12,14-15,21,24-25,34H,13H2,1-2H3. The van der Waals surface area contributed by atoms with Crippen molar-refractivity contribution in [2.45, 2.75) is 31.8 Å². The Labute approximate surface area is 234 Å². The average Bonchev–Trinajstić information content (AvgIpc) is 3.48. The molecule has 2 amide bonds. The summed E-state index contributed by atoms with van der Waals surface area (Å²) in [6, 6.07) is 19.1. The maximum atomic E-state index is 14.5. The Kier molecular flexibility index (Phi) is 5.34. The maximum Gasteiger partial charge on any atom is 0.266 e. The number of halogens is 2. The van der Waals surface area contributed by atoms with Crippen LogP contribution in [0.5, 0.6) is 0 Å². The number of rotatable bonds is 3. The summed E-state index contributed by atoms with van der Waals surface area (Å²) in [5.74, 6) is -1.58. The van der Waals surface area contributed by atoms with Gasteiger partial charge in [-0.05, 0) is 48.7 Å². The van der Waals surface area contributed by atoms with Crippen molar-refractivity contribution in [3.8, 4) is 5.69 Å². The van der Waals surface area contributed by atoms with Gasteiger partial charge in [-0.2, -0.15) is 0 Å². The third kappa shape index (κ3) is 3.21. The van der Waals surface area contributed by atoms with Crippen molar-refractivity contribution in [1.82, 2.24) is 14.9 Å². The minimum atomic E-state index is -1.18. The minimum absolute atomic E-state index is 0.211. The normalized spacial score (nSPS) is 25.2. The van der Waals surface area contributed by atoms with E-state index in [1.807, 2.05) is 36.4 Å². The molecule has 3 aliphatic heterocycles. The van der Waals surface area contributed by atoms with E-state index in [0.717, 1.165) is 5.56 Å². The van der Waals surface area contributed by atoms with E-state index >= 15 is 0 Å². The number of carbonyl (C=O) groups excluding carboxylic acids is 2. The van der Waals surface area contributed by atoms with Crippen LogP contribution >= 0.6 is 23.2 Å². The molecule has 9 heteroatoms.